The molecule has 4 aromatic heterocycles. The van der Waals surface area contributed by atoms with Crippen LogP contribution in [0.1, 0.15) is 213 Å². The number of aliphatic hydroxyl groups excluding tert-OH is 1. The fourth-order valence-electron chi connectivity index (χ4n) is 17.9. The summed E-state index contributed by atoms with van der Waals surface area (Å²) >= 11 is 3.28. The zero-order valence-electron chi connectivity index (χ0n) is 77.6. The summed E-state index contributed by atoms with van der Waals surface area (Å²) in [5, 5.41) is 21.0. The lowest BCUT2D eigenvalue weighted by atomic mass is 9.98. The van der Waals surface area contributed by atoms with Crippen LogP contribution in [0.15, 0.2) is 272 Å². The van der Waals surface area contributed by atoms with Crippen LogP contribution in [0.4, 0.5) is 0 Å². The zero-order chi connectivity index (χ0) is 93.6. The van der Waals surface area contributed by atoms with Crippen LogP contribution in [0, 0.1) is 5.92 Å². The minimum absolute atomic E-state index is 0.0264. The summed E-state index contributed by atoms with van der Waals surface area (Å²) in [6, 6.07) is 76.5. The van der Waals surface area contributed by atoms with Gasteiger partial charge in [0, 0.05) is 152 Å². The Balaban J connectivity index is 0.000000167. The lowest BCUT2D eigenvalue weighted by molar-refractivity contribution is -0.135. The van der Waals surface area contributed by atoms with E-state index in [4.69, 9.17) is 10.3 Å². The Morgan fingerprint density at radius 1 is 0.382 bits per heavy atom. The number of carbonyl (C=O) groups excluding carboxylic acids is 6. The van der Waals surface area contributed by atoms with Crippen LogP contribution < -0.4 is 5.48 Å². The van der Waals surface area contributed by atoms with Gasteiger partial charge in [-0.1, -0.05) is 237 Å². The smallest absolute Gasteiger partial charge is 0.330 e. The molecule has 1 saturated carbocycles. The first kappa shape index (κ1) is 101. The molecule has 6 atom stereocenters. The molecule has 131 heavy (non-hydrogen) atoms. The third-order valence-corrected chi connectivity index (χ3v) is 25.5. The van der Waals surface area contributed by atoms with Crippen molar-refractivity contribution in [2.45, 2.75) is 175 Å². The van der Waals surface area contributed by atoms with Gasteiger partial charge in [-0.25, -0.2) is 19.9 Å². The number of ketones is 2. The number of likely N-dealkylation sites (tertiary alicyclic amines) is 3. The number of halogens is 1. The summed E-state index contributed by atoms with van der Waals surface area (Å²) < 4.78 is 14.7. The number of aromatic amines is 4. The fourth-order valence-corrected chi connectivity index (χ4v) is 18.2. The Morgan fingerprint density at radius 3 is 0.931 bits per heavy atom. The number of Topliss-reactive ketones (excluding diaryl/α,β-unsaturated/α-hetero) is 2. The molecule has 19 nitrogen and oxygen atoms in total. The molecular formula is C111H129BrN8O11. The predicted molar refractivity (Wildman–Crippen MR) is 536 cm³/mol. The second-order valence-electron chi connectivity index (χ2n) is 33.2. The molecule has 1 unspecified atom stereocenters. The van der Waals surface area contributed by atoms with E-state index in [-0.39, 0.29) is 23.5 Å². The maximum absolute atomic E-state index is 11.3. The number of nitrogens with zero attached hydrogens (tertiary/aromatic N) is 3. The van der Waals surface area contributed by atoms with E-state index in [9.17, 15) is 28.8 Å². The minimum atomic E-state index is -0.528. The van der Waals surface area contributed by atoms with Crippen LogP contribution in [-0.2, 0) is 59.1 Å². The number of hydrogen-bond donors (Lipinski definition) is 7. The van der Waals surface area contributed by atoms with Gasteiger partial charge >= 0.3 is 17.9 Å². The van der Waals surface area contributed by atoms with Crippen LogP contribution in [0.2, 0.25) is 0 Å². The Morgan fingerprint density at radius 2 is 0.649 bits per heavy atom. The molecule has 4 fully saturated rings. The van der Waals surface area contributed by atoms with E-state index in [1.807, 2.05) is 38.1 Å². The number of hydroxylamine groups is 1. The second-order valence-corrected chi connectivity index (χ2v) is 34.1. The highest BCUT2D eigenvalue weighted by Crippen LogP contribution is 2.38. The number of ether oxygens (including phenoxy) is 3. The van der Waals surface area contributed by atoms with E-state index in [1.165, 1.54) is 206 Å². The summed E-state index contributed by atoms with van der Waals surface area (Å²) in [6.45, 7) is 17.3. The number of nitrogens with one attached hydrogen (secondary N) is 5. The first-order valence-corrected chi connectivity index (χ1v) is 46.5. The molecule has 13 aromatic rings. The van der Waals surface area contributed by atoms with Crippen LogP contribution in [0.3, 0.4) is 0 Å². The molecule has 9 aromatic carbocycles. The monoisotopic (exact) mass is 1830 g/mol. The number of hydrogen-bond acceptors (Lipinski definition) is 14. The van der Waals surface area contributed by atoms with Crippen molar-refractivity contribution < 1.29 is 53.3 Å². The molecule has 686 valence electrons. The van der Waals surface area contributed by atoms with Gasteiger partial charge in [-0.3, -0.25) is 34.3 Å². The second kappa shape index (κ2) is 52.4. The molecule has 0 radical (unpaired) electrons. The topological polar surface area (TPSA) is 255 Å². The quantitative estimate of drug-likeness (QED) is 0.00742. The summed E-state index contributed by atoms with van der Waals surface area (Å²) in [4.78, 5) is 87.6. The number of para-hydroxylation sites is 4. The van der Waals surface area contributed by atoms with Gasteiger partial charge in [0.05, 0.1) is 21.3 Å². The number of esters is 3. The van der Waals surface area contributed by atoms with E-state index in [0.29, 0.717) is 41.8 Å². The average molecular weight is 1830 g/mol. The summed E-state index contributed by atoms with van der Waals surface area (Å²) in [7, 11) is 5.10. The van der Waals surface area contributed by atoms with Crippen LogP contribution in [0.25, 0.3) is 67.9 Å². The van der Waals surface area contributed by atoms with Crippen molar-refractivity contribution in [3.8, 4) is 0 Å². The third kappa shape index (κ3) is 29.6. The summed E-state index contributed by atoms with van der Waals surface area (Å²) in [5.74, 6) is -0.528. The number of fused-ring (bicyclic) bond motifs is 4. The number of amides is 1. The molecule has 0 spiro atoms. The number of aliphatic hydroxyl groups is 1. The zero-order valence-corrected chi connectivity index (χ0v) is 79.1. The normalized spacial score (nSPS) is 16.3. The van der Waals surface area contributed by atoms with E-state index in [2.05, 4.69) is 268 Å². The first-order chi connectivity index (χ1) is 63.7. The van der Waals surface area contributed by atoms with Crippen molar-refractivity contribution in [1.82, 2.24) is 40.1 Å². The summed E-state index contributed by atoms with van der Waals surface area (Å²) in [6.07, 6.45) is 38.8. The molecule has 7 heterocycles. The van der Waals surface area contributed by atoms with Crippen LogP contribution >= 0.6 is 15.9 Å². The predicted octanol–water partition coefficient (Wildman–Crippen LogP) is 24.0. The Hall–Kier alpha value is -12.4. The maximum Gasteiger partial charge on any atom is 0.330 e. The number of methoxy groups -OCH3 is 3. The van der Waals surface area contributed by atoms with Crippen LogP contribution in [-0.4, -0.2) is 147 Å². The molecule has 17 rings (SSSR count). The Kier molecular flexibility index (Phi) is 40.3. The minimum Gasteiger partial charge on any atom is -0.466 e. The number of aromatic nitrogens is 4. The average Bonchev–Trinajstić information content (AvgIpc) is 1.68. The molecule has 7 N–H and O–H groups in total. The summed E-state index contributed by atoms with van der Waals surface area (Å²) in [5.41, 5.74) is 21.4. The molecular weight excluding hydrogens is 1700 g/mol. The van der Waals surface area contributed by atoms with Gasteiger partial charge in [0.2, 0.25) is 0 Å². The number of rotatable bonds is 24. The maximum atomic E-state index is 11.3. The Bertz CT molecular complexity index is 5490. The third-order valence-electron chi connectivity index (χ3n) is 25.0. The highest BCUT2D eigenvalue weighted by Gasteiger charge is 2.33. The van der Waals surface area contributed by atoms with Gasteiger partial charge in [0.1, 0.15) is 0 Å². The van der Waals surface area contributed by atoms with Crippen molar-refractivity contribution in [3.05, 3.63) is 344 Å². The van der Waals surface area contributed by atoms with Gasteiger partial charge in [0.15, 0.2) is 11.6 Å². The van der Waals surface area contributed by atoms with Crippen LogP contribution in [0.5, 0.6) is 0 Å². The SMILES string of the molecule is CC.CC(=O)c1ccc(Br)cc1.CC(c1ccc(/C=C/C(=O)NO)cc1)N1CCC[C@@H]1Cc1c[nH]c2ccccc12.CO.COC(=O)/C=C/c1ccc(C(C)=O)cc1.COC(=O)/C=C/c1ccc([C@@H](C)N2CCC[C@@H]2Cc2c[nH]c3ccccc23)cc1.COC(=O)/C=C/c1ccc([C@H](C)N2CCC[C@@H]2Cc2c[nH]c3ccccc23)cc1.c1ccc2c(CC3CCCC3)c[nH]c2c1. The molecule has 1 aliphatic carbocycles. The van der Waals surface area contributed by atoms with Crippen molar-refractivity contribution in [2.75, 3.05) is 48.1 Å². The first-order valence-electron chi connectivity index (χ1n) is 45.7. The molecule has 20 heteroatoms. The van der Waals surface area contributed by atoms with Gasteiger partial charge in [-0.15, -0.1) is 0 Å². The van der Waals surface area contributed by atoms with E-state index in [0.717, 1.165) is 84.2 Å². The molecule has 1 amide bonds. The van der Waals surface area contributed by atoms with E-state index in [1.54, 1.807) is 73.1 Å². The standard InChI is InChI=1S/2C25H28N2O2.C24H27N3O2.C14H17N.C12H12O3.C8H7BrO.C2H6.CH4O/c2*1-18(20-12-9-19(10-13-20)11-14-25(28)29-2)27-15-5-6-22(27)16-21-17-26-24-8-4-3-7-23(21)24;1-17(19-11-8-18(9-12-19)10-13-24(28)26-29)27-14-4-5-21(27)15-20-16-25-23-7-3-2-6-22(20)23;1-2-6-11(5-1)9-12-10-15-14-8-4-3-7-13(12)14;1-9(13)11-6-3-10(4-7-11)5-8-12(14)15-2;1-6(10)7-2-4-8(9)5-3-7;2*1-2/h2*3-4,7-14,17-18,22,26H,5-6,15-16H2,1-2H3;2-3,6-13,16-17,21,25,29H,4-5,14-15H2,1H3,(H,26,28);3-4,7-8,10-11,15H,1-2,5-6,9H2;3-8H,1-2H3;2-5H,1H3;1-2H3;2H,1H3/b2*14-11+;13-10+;;8-5+;;;/t18-,22+;18-,22-;17?,21-;;;;;/m011...../s1. The highest BCUT2D eigenvalue weighted by molar-refractivity contribution is 9.10. The van der Waals surface area contributed by atoms with Crippen molar-refractivity contribution in [2.24, 2.45) is 5.92 Å². The fraction of sp³-hybridized carbons (Fsp3) is 0.315. The molecule has 3 aliphatic heterocycles. The molecule has 3 saturated heterocycles. The van der Waals surface area contributed by atoms with Crippen molar-refractivity contribution in [3.63, 3.8) is 0 Å². The van der Waals surface area contributed by atoms with Gasteiger partial charge < -0.3 is 39.3 Å². The number of carbonyl (C=O) groups is 6. The van der Waals surface area contributed by atoms with Crippen molar-refractivity contribution in [1.29, 1.82) is 0 Å². The van der Waals surface area contributed by atoms with E-state index >= 15 is 0 Å². The van der Waals surface area contributed by atoms with Crippen molar-refractivity contribution >= 4 is 119 Å². The largest absolute Gasteiger partial charge is 0.466 e. The lowest BCUT2D eigenvalue weighted by Crippen LogP contribution is -2.33. The molecule has 4 aliphatic rings. The van der Waals surface area contributed by atoms with Gasteiger partial charge in [0.25, 0.3) is 5.91 Å². The number of H-pyrrole nitrogens is 4. The number of benzene rings is 9. The lowest BCUT2D eigenvalue weighted by Gasteiger charge is -2.31. The highest BCUT2D eigenvalue weighted by atomic mass is 79.9. The molecule has 0 bridgehead atoms. The van der Waals surface area contributed by atoms with E-state index < -0.39 is 11.9 Å². The van der Waals surface area contributed by atoms with Gasteiger partial charge in [-0.05, 0) is 246 Å². The Labute approximate surface area is 780 Å². The van der Waals surface area contributed by atoms with Gasteiger partial charge in [-0.2, -0.15) is 0 Å².